The van der Waals surface area contributed by atoms with E-state index in [9.17, 15) is 13.6 Å². The predicted molar refractivity (Wildman–Crippen MR) is 89.6 cm³/mol. The summed E-state index contributed by atoms with van der Waals surface area (Å²) in [4.78, 5) is 12.4. The average Bonchev–Trinajstić information content (AvgIpc) is 3.11. The van der Waals surface area contributed by atoms with Gasteiger partial charge in [0.15, 0.2) is 11.6 Å². The normalized spacial score (nSPS) is 11.9. The molecule has 1 atom stereocenters. The van der Waals surface area contributed by atoms with E-state index >= 15 is 0 Å². The van der Waals surface area contributed by atoms with Crippen molar-refractivity contribution in [3.05, 3.63) is 89.8 Å². The molecular weight excluding hydrogens is 324 g/mol. The molecule has 4 nitrogen and oxygen atoms in total. The maximum Gasteiger partial charge on any atom is 0.224 e. The van der Waals surface area contributed by atoms with Crippen LogP contribution in [0.5, 0.6) is 0 Å². The number of carbonyl (C=O) groups is 1. The van der Waals surface area contributed by atoms with E-state index < -0.39 is 11.6 Å². The standard InChI is InChI=1S/C19H17F2N3O/c20-16-8-7-14(11-17(16)21)12-19(25)23-18(13-24-10-4-9-22-24)15-5-2-1-3-6-15/h1-11,18H,12-13H2,(H,23,25). The van der Waals surface area contributed by atoms with Crippen LogP contribution in [-0.2, 0) is 17.8 Å². The maximum atomic E-state index is 13.3. The number of nitrogens with one attached hydrogen (secondary N) is 1. The number of hydrogen-bond donors (Lipinski definition) is 1. The van der Waals surface area contributed by atoms with Crippen LogP contribution in [-0.4, -0.2) is 15.7 Å². The van der Waals surface area contributed by atoms with Gasteiger partial charge in [0.25, 0.3) is 0 Å². The van der Waals surface area contributed by atoms with Crippen molar-refractivity contribution in [2.75, 3.05) is 0 Å². The fourth-order valence-electron chi connectivity index (χ4n) is 2.60. The van der Waals surface area contributed by atoms with Gasteiger partial charge in [0.2, 0.25) is 5.91 Å². The van der Waals surface area contributed by atoms with Crippen molar-refractivity contribution in [2.24, 2.45) is 0 Å². The Morgan fingerprint density at radius 1 is 1.08 bits per heavy atom. The highest BCUT2D eigenvalue weighted by Crippen LogP contribution is 2.16. The van der Waals surface area contributed by atoms with Crippen LogP contribution in [0.1, 0.15) is 17.2 Å². The molecular formula is C19H17F2N3O. The van der Waals surface area contributed by atoms with Gasteiger partial charge in [0.1, 0.15) is 0 Å². The summed E-state index contributed by atoms with van der Waals surface area (Å²) in [5.41, 5.74) is 1.36. The first kappa shape index (κ1) is 16.8. The van der Waals surface area contributed by atoms with E-state index in [1.807, 2.05) is 42.6 Å². The predicted octanol–water partition coefficient (Wildman–Crippen LogP) is 3.26. The summed E-state index contributed by atoms with van der Waals surface area (Å²) in [5.74, 6) is -2.15. The third-order valence-electron chi connectivity index (χ3n) is 3.81. The second-order valence-electron chi connectivity index (χ2n) is 5.68. The second kappa shape index (κ2) is 7.70. The van der Waals surface area contributed by atoms with Gasteiger partial charge in [-0.25, -0.2) is 8.78 Å². The van der Waals surface area contributed by atoms with Gasteiger partial charge in [0, 0.05) is 12.4 Å². The van der Waals surface area contributed by atoms with E-state index in [1.54, 1.807) is 10.9 Å². The summed E-state index contributed by atoms with van der Waals surface area (Å²) >= 11 is 0. The van der Waals surface area contributed by atoms with Crippen LogP contribution in [0.4, 0.5) is 8.78 Å². The lowest BCUT2D eigenvalue weighted by Crippen LogP contribution is -2.32. The molecule has 3 aromatic rings. The molecule has 0 saturated heterocycles. The van der Waals surface area contributed by atoms with E-state index in [1.165, 1.54) is 6.07 Å². The van der Waals surface area contributed by atoms with E-state index in [0.29, 0.717) is 12.1 Å². The molecule has 0 aliphatic heterocycles. The average molecular weight is 341 g/mol. The minimum absolute atomic E-state index is 0.0281. The summed E-state index contributed by atoms with van der Waals surface area (Å²) in [5, 5.41) is 7.11. The number of aromatic nitrogens is 2. The fraction of sp³-hybridized carbons (Fsp3) is 0.158. The van der Waals surface area contributed by atoms with Crippen molar-refractivity contribution in [2.45, 2.75) is 19.0 Å². The Morgan fingerprint density at radius 2 is 1.88 bits per heavy atom. The zero-order valence-corrected chi connectivity index (χ0v) is 13.4. The monoisotopic (exact) mass is 341 g/mol. The minimum Gasteiger partial charge on any atom is -0.347 e. The van der Waals surface area contributed by atoms with Crippen LogP contribution in [0.15, 0.2) is 67.0 Å². The van der Waals surface area contributed by atoms with Gasteiger partial charge in [0.05, 0.1) is 19.0 Å². The molecule has 1 N–H and O–H groups in total. The first-order chi connectivity index (χ1) is 12.1. The SMILES string of the molecule is O=C(Cc1ccc(F)c(F)c1)NC(Cn1cccn1)c1ccccc1. The molecule has 128 valence electrons. The summed E-state index contributed by atoms with van der Waals surface area (Å²) in [6.45, 7) is 0.473. The van der Waals surface area contributed by atoms with Crippen LogP contribution in [0.2, 0.25) is 0 Å². The van der Waals surface area contributed by atoms with Crippen molar-refractivity contribution in [1.29, 1.82) is 0 Å². The van der Waals surface area contributed by atoms with Gasteiger partial charge in [-0.3, -0.25) is 9.48 Å². The van der Waals surface area contributed by atoms with Gasteiger partial charge in [-0.2, -0.15) is 5.10 Å². The van der Waals surface area contributed by atoms with Crippen LogP contribution < -0.4 is 5.32 Å². The molecule has 1 heterocycles. The molecule has 1 amide bonds. The molecule has 25 heavy (non-hydrogen) atoms. The molecule has 0 fully saturated rings. The van der Waals surface area contributed by atoms with Crippen LogP contribution in [0, 0.1) is 11.6 Å². The Hall–Kier alpha value is -3.02. The molecule has 0 aliphatic rings. The quantitative estimate of drug-likeness (QED) is 0.748. The van der Waals surface area contributed by atoms with Gasteiger partial charge in [-0.15, -0.1) is 0 Å². The number of carbonyl (C=O) groups excluding carboxylic acids is 1. The van der Waals surface area contributed by atoms with Gasteiger partial charge >= 0.3 is 0 Å². The lowest BCUT2D eigenvalue weighted by Gasteiger charge is -2.19. The molecule has 6 heteroatoms. The topological polar surface area (TPSA) is 46.9 Å². The van der Waals surface area contributed by atoms with E-state index in [4.69, 9.17) is 0 Å². The highest BCUT2D eigenvalue weighted by atomic mass is 19.2. The van der Waals surface area contributed by atoms with Crippen molar-refractivity contribution < 1.29 is 13.6 Å². The molecule has 0 aliphatic carbocycles. The Kier molecular flexibility index (Phi) is 5.18. The number of amides is 1. The van der Waals surface area contributed by atoms with Crippen molar-refractivity contribution in [1.82, 2.24) is 15.1 Å². The Morgan fingerprint density at radius 3 is 2.56 bits per heavy atom. The highest BCUT2D eigenvalue weighted by molar-refractivity contribution is 5.79. The first-order valence-electron chi connectivity index (χ1n) is 7.87. The maximum absolute atomic E-state index is 13.3. The third-order valence-corrected chi connectivity index (χ3v) is 3.81. The van der Waals surface area contributed by atoms with Crippen LogP contribution in [0.25, 0.3) is 0 Å². The summed E-state index contributed by atoms with van der Waals surface area (Å²) in [6, 6.07) is 14.5. The van der Waals surface area contributed by atoms with Gasteiger partial charge in [-0.1, -0.05) is 36.4 Å². The molecule has 0 radical (unpaired) electrons. The first-order valence-corrected chi connectivity index (χ1v) is 7.87. The second-order valence-corrected chi connectivity index (χ2v) is 5.68. The van der Waals surface area contributed by atoms with Gasteiger partial charge in [-0.05, 0) is 29.3 Å². The lowest BCUT2D eigenvalue weighted by atomic mass is 10.1. The third kappa shape index (κ3) is 4.50. The van der Waals surface area contributed by atoms with Crippen molar-refractivity contribution >= 4 is 5.91 Å². The molecule has 1 unspecified atom stereocenters. The Bertz CT molecular complexity index is 835. The zero-order valence-electron chi connectivity index (χ0n) is 13.4. The molecule has 0 bridgehead atoms. The highest BCUT2D eigenvalue weighted by Gasteiger charge is 2.16. The Labute approximate surface area is 144 Å². The summed E-state index contributed by atoms with van der Waals surface area (Å²) in [7, 11) is 0. The summed E-state index contributed by atoms with van der Waals surface area (Å²) < 4.78 is 28.0. The number of benzene rings is 2. The number of rotatable bonds is 6. The van der Waals surface area contributed by atoms with Crippen LogP contribution in [0.3, 0.4) is 0 Å². The number of nitrogens with zero attached hydrogens (tertiary/aromatic N) is 2. The van der Waals surface area contributed by atoms with Crippen LogP contribution >= 0.6 is 0 Å². The molecule has 3 rings (SSSR count). The largest absolute Gasteiger partial charge is 0.347 e. The molecule has 1 aromatic heterocycles. The van der Waals surface area contributed by atoms with E-state index in [2.05, 4.69) is 10.4 Å². The molecule has 2 aromatic carbocycles. The van der Waals surface area contributed by atoms with E-state index in [-0.39, 0.29) is 18.4 Å². The Balaban J connectivity index is 1.72. The minimum atomic E-state index is -0.957. The van der Waals surface area contributed by atoms with Crippen molar-refractivity contribution in [3.8, 4) is 0 Å². The molecule has 0 saturated carbocycles. The number of halogens is 2. The van der Waals surface area contributed by atoms with Crippen molar-refractivity contribution in [3.63, 3.8) is 0 Å². The lowest BCUT2D eigenvalue weighted by molar-refractivity contribution is -0.121. The summed E-state index contributed by atoms with van der Waals surface area (Å²) in [6.07, 6.45) is 3.46. The molecule has 0 spiro atoms. The van der Waals surface area contributed by atoms with Gasteiger partial charge < -0.3 is 5.32 Å². The zero-order chi connectivity index (χ0) is 17.6. The smallest absolute Gasteiger partial charge is 0.224 e. The number of hydrogen-bond acceptors (Lipinski definition) is 2. The fourth-order valence-corrected chi connectivity index (χ4v) is 2.60. The van der Waals surface area contributed by atoms with E-state index in [0.717, 1.165) is 17.7 Å².